The highest BCUT2D eigenvalue weighted by Gasteiger charge is 2.04. The molecule has 0 aromatic rings. The lowest BCUT2D eigenvalue weighted by Gasteiger charge is -2.14. The van der Waals surface area contributed by atoms with Gasteiger partial charge in [-0.25, -0.2) is 0 Å². The molecule has 0 saturated carbocycles. The Labute approximate surface area is 66.0 Å². The number of hydrogen-bond acceptors (Lipinski definition) is 0. The Bertz CT molecular complexity index is 66.4. The third kappa shape index (κ3) is 4.84. The van der Waals surface area contributed by atoms with Gasteiger partial charge >= 0.3 is 0 Å². The van der Waals surface area contributed by atoms with Crippen LogP contribution in [-0.4, -0.2) is 0 Å². The molecular weight excluding hydrogens is 120 g/mol. The lowest BCUT2D eigenvalue weighted by atomic mass is 9.92. The maximum Gasteiger partial charge on any atom is -0.0440 e. The van der Waals surface area contributed by atoms with Crippen LogP contribution in [0.5, 0.6) is 0 Å². The molecule has 0 aliphatic heterocycles. The van der Waals surface area contributed by atoms with Crippen molar-refractivity contribution in [3.8, 4) is 0 Å². The summed E-state index contributed by atoms with van der Waals surface area (Å²) in [5, 5.41) is 0. The fourth-order valence-electron chi connectivity index (χ4n) is 1.46. The molecule has 0 nitrogen and oxygen atoms in total. The van der Waals surface area contributed by atoms with Crippen molar-refractivity contribution in [1.82, 2.24) is 0 Å². The molecule has 0 N–H and O–H groups in total. The molecule has 62 valence electrons. The van der Waals surface area contributed by atoms with E-state index in [1.54, 1.807) is 0 Å². The second-order valence-electron chi connectivity index (χ2n) is 3.64. The van der Waals surface area contributed by atoms with Gasteiger partial charge in [-0.05, 0) is 18.3 Å². The molecule has 0 aliphatic carbocycles. The van der Waals surface area contributed by atoms with Crippen molar-refractivity contribution in [3.63, 3.8) is 0 Å². The van der Waals surface area contributed by atoms with Crippen LogP contribution in [0.1, 0.15) is 53.4 Å². The van der Waals surface area contributed by atoms with Crippen molar-refractivity contribution in [2.24, 2.45) is 11.8 Å². The molecule has 0 aromatic carbocycles. The smallest absolute Gasteiger partial charge is 0.0440 e. The van der Waals surface area contributed by atoms with Gasteiger partial charge in [-0.2, -0.15) is 0 Å². The van der Waals surface area contributed by atoms with Crippen molar-refractivity contribution < 1.29 is 0 Å². The zero-order chi connectivity index (χ0) is 7.98. The SMILES string of the molecule is CCC[C@@H](C)C[C@@H](C)CC. The summed E-state index contributed by atoms with van der Waals surface area (Å²) in [5.74, 6) is 1.88. The maximum atomic E-state index is 2.37. The Hall–Kier alpha value is 0. The van der Waals surface area contributed by atoms with Crippen LogP contribution in [0.4, 0.5) is 0 Å². The Morgan fingerprint density at radius 2 is 1.60 bits per heavy atom. The summed E-state index contributed by atoms with van der Waals surface area (Å²) in [6, 6.07) is 0. The third-order valence-electron chi connectivity index (χ3n) is 2.28. The summed E-state index contributed by atoms with van der Waals surface area (Å²) in [4.78, 5) is 0. The molecule has 0 heterocycles. The first-order valence-corrected chi connectivity index (χ1v) is 4.70. The largest absolute Gasteiger partial charge is 0.0654 e. The first kappa shape index (κ1) is 10.0. The molecule has 0 radical (unpaired) electrons. The average molecular weight is 142 g/mol. The van der Waals surface area contributed by atoms with E-state index in [0.717, 1.165) is 11.8 Å². The van der Waals surface area contributed by atoms with Crippen molar-refractivity contribution in [2.45, 2.75) is 53.4 Å². The molecule has 0 saturated heterocycles. The van der Waals surface area contributed by atoms with Crippen LogP contribution < -0.4 is 0 Å². The minimum atomic E-state index is 0.932. The highest BCUT2D eigenvalue weighted by atomic mass is 14.1. The van der Waals surface area contributed by atoms with Gasteiger partial charge in [0, 0.05) is 0 Å². The van der Waals surface area contributed by atoms with Crippen LogP contribution in [0.15, 0.2) is 0 Å². The predicted molar refractivity (Wildman–Crippen MR) is 48.1 cm³/mol. The van der Waals surface area contributed by atoms with Crippen LogP contribution in [0.25, 0.3) is 0 Å². The van der Waals surface area contributed by atoms with E-state index in [0.29, 0.717) is 0 Å². The second-order valence-corrected chi connectivity index (χ2v) is 3.64. The average Bonchev–Trinajstić information content (AvgIpc) is 1.88. The molecule has 0 amide bonds. The Balaban J connectivity index is 3.27. The number of rotatable bonds is 5. The van der Waals surface area contributed by atoms with Gasteiger partial charge in [0.25, 0.3) is 0 Å². The maximum absolute atomic E-state index is 2.37. The Morgan fingerprint density at radius 1 is 1.00 bits per heavy atom. The van der Waals surface area contributed by atoms with Gasteiger partial charge in [0.15, 0.2) is 0 Å². The van der Waals surface area contributed by atoms with E-state index in [-0.39, 0.29) is 0 Å². The molecule has 2 atom stereocenters. The van der Waals surface area contributed by atoms with Gasteiger partial charge in [0.05, 0.1) is 0 Å². The monoisotopic (exact) mass is 142 g/mol. The van der Waals surface area contributed by atoms with Gasteiger partial charge < -0.3 is 0 Å². The summed E-state index contributed by atoms with van der Waals surface area (Å²) in [7, 11) is 0. The van der Waals surface area contributed by atoms with Gasteiger partial charge in [-0.3, -0.25) is 0 Å². The second kappa shape index (κ2) is 5.76. The summed E-state index contributed by atoms with van der Waals surface area (Å²) < 4.78 is 0. The summed E-state index contributed by atoms with van der Waals surface area (Å²) in [6.45, 7) is 9.28. The number of hydrogen-bond donors (Lipinski definition) is 0. The van der Waals surface area contributed by atoms with E-state index in [1.807, 2.05) is 0 Å². The van der Waals surface area contributed by atoms with Crippen molar-refractivity contribution in [2.75, 3.05) is 0 Å². The molecule has 10 heavy (non-hydrogen) atoms. The normalized spacial score (nSPS) is 16.8. The molecule has 0 bridgehead atoms. The minimum absolute atomic E-state index is 0.932. The summed E-state index contributed by atoms with van der Waals surface area (Å²) >= 11 is 0. The lowest BCUT2D eigenvalue weighted by molar-refractivity contribution is 0.384. The zero-order valence-electron chi connectivity index (χ0n) is 7.98. The minimum Gasteiger partial charge on any atom is -0.0654 e. The Morgan fingerprint density at radius 3 is 2.00 bits per heavy atom. The molecule has 0 rings (SSSR count). The van der Waals surface area contributed by atoms with Crippen molar-refractivity contribution in [1.29, 1.82) is 0 Å². The molecule has 0 aromatic heterocycles. The molecule has 0 fully saturated rings. The van der Waals surface area contributed by atoms with Gasteiger partial charge in [-0.1, -0.05) is 47.0 Å². The molecule has 0 unspecified atom stereocenters. The summed E-state index contributed by atoms with van der Waals surface area (Å²) in [5.41, 5.74) is 0. The topological polar surface area (TPSA) is 0 Å². The fraction of sp³-hybridized carbons (Fsp3) is 1.00. The zero-order valence-corrected chi connectivity index (χ0v) is 7.98. The highest BCUT2D eigenvalue weighted by Crippen LogP contribution is 2.18. The van der Waals surface area contributed by atoms with Gasteiger partial charge in [0.2, 0.25) is 0 Å². The first-order valence-electron chi connectivity index (χ1n) is 4.70. The van der Waals surface area contributed by atoms with Gasteiger partial charge in [-0.15, -0.1) is 0 Å². The van der Waals surface area contributed by atoms with Crippen LogP contribution in [-0.2, 0) is 0 Å². The molecule has 0 heteroatoms. The standard InChI is InChI=1S/C10H22/c1-5-7-10(4)8-9(3)6-2/h9-10H,5-8H2,1-4H3/t9-,10+/m0/s1. The van der Waals surface area contributed by atoms with Crippen molar-refractivity contribution >= 4 is 0 Å². The predicted octanol–water partition coefficient (Wildman–Crippen LogP) is 3.86. The van der Waals surface area contributed by atoms with E-state index < -0.39 is 0 Å². The molecule has 0 spiro atoms. The van der Waals surface area contributed by atoms with E-state index in [4.69, 9.17) is 0 Å². The van der Waals surface area contributed by atoms with E-state index >= 15 is 0 Å². The van der Waals surface area contributed by atoms with Crippen LogP contribution in [0.2, 0.25) is 0 Å². The van der Waals surface area contributed by atoms with E-state index in [9.17, 15) is 0 Å². The molecule has 0 aliphatic rings. The lowest BCUT2D eigenvalue weighted by Crippen LogP contribution is -2.01. The molecular formula is C10H22. The van der Waals surface area contributed by atoms with Crippen molar-refractivity contribution in [3.05, 3.63) is 0 Å². The fourth-order valence-corrected chi connectivity index (χ4v) is 1.46. The first-order chi connectivity index (χ1) is 4.70. The van der Waals surface area contributed by atoms with E-state index in [2.05, 4.69) is 27.7 Å². The van der Waals surface area contributed by atoms with Crippen LogP contribution in [0, 0.1) is 11.8 Å². The van der Waals surface area contributed by atoms with Gasteiger partial charge in [0.1, 0.15) is 0 Å². The Kier molecular flexibility index (Phi) is 5.76. The third-order valence-corrected chi connectivity index (χ3v) is 2.28. The summed E-state index contributed by atoms with van der Waals surface area (Å²) in [6.07, 6.45) is 5.51. The van der Waals surface area contributed by atoms with Crippen LogP contribution in [0.3, 0.4) is 0 Å². The highest BCUT2D eigenvalue weighted by molar-refractivity contribution is 4.57. The van der Waals surface area contributed by atoms with Crippen LogP contribution >= 0.6 is 0 Å². The van der Waals surface area contributed by atoms with E-state index in [1.165, 1.54) is 25.7 Å². The quantitative estimate of drug-likeness (QED) is 0.547.